The van der Waals surface area contributed by atoms with Crippen molar-refractivity contribution in [3.8, 4) is 0 Å². The standard InChI is InChI=1S/C21H17.C14H17.C2H6Si.2ClH.Ti/c1-2-15-11-12-20(21-10-6-5-9-19(15)21)18-13-16-7-3-4-8-17(16)14-18;1-4-11-8-12-6-5-7-13(10(2)3)14(12)9-11;1-3-2;;;/h3-14H,2H2,1H3;5-10H,4H2,1-3H3;1-2H3;2*1H;. The van der Waals surface area contributed by atoms with E-state index in [0.29, 0.717) is 14.4 Å². The minimum Gasteiger partial charge on any atom is -0.147 e. The van der Waals surface area contributed by atoms with E-state index in [2.05, 4.69) is 132 Å². The van der Waals surface area contributed by atoms with Gasteiger partial charge in [-0.15, -0.1) is 24.8 Å². The fourth-order valence-corrected chi connectivity index (χ4v) is 20.8. The van der Waals surface area contributed by atoms with Gasteiger partial charge in [-0.05, 0) is 0 Å². The molecule has 4 aromatic rings. The maximum Gasteiger partial charge on any atom is -0.147 e. The summed E-state index contributed by atoms with van der Waals surface area (Å²) < 4.78 is 1.21. The molecule has 2 atom stereocenters. The van der Waals surface area contributed by atoms with Crippen LogP contribution in [0, 0.1) is 0 Å². The van der Waals surface area contributed by atoms with Crippen molar-refractivity contribution in [3.05, 3.63) is 123 Å². The topological polar surface area (TPSA) is 0 Å². The van der Waals surface area contributed by atoms with Gasteiger partial charge in [-0.3, -0.25) is 0 Å². The van der Waals surface area contributed by atoms with Crippen LogP contribution in [0.5, 0.6) is 0 Å². The van der Waals surface area contributed by atoms with Crippen LogP contribution < -0.4 is 0 Å². The molecule has 0 amide bonds. The second-order valence-electron chi connectivity index (χ2n) is 11.8. The summed E-state index contributed by atoms with van der Waals surface area (Å²) in [7, 11) is 0. The Labute approximate surface area is 265 Å². The second kappa shape index (κ2) is 13.2. The Bertz CT molecular complexity index is 1690. The summed E-state index contributed by atoms with van der Waals surface area (Å²) >= 11 is -1.77. The Morgan fingerprint density at radius 2 is 1.39 bits per heavy atom. The predicted molar refractivity (Wildman–Crippen MR) is 184 cm³/mol. The quantitative estimate of drug-likeness (QED) is 0.185. The SMILES string of the molecule is CCC1=Cc2c(C(C)C)cccc2[CH]1[Ti]([CH]1C(c2ccc(CC)c3ccccc23)=Cc2ccccc21)=[Si](C)C.Cl.Cl. The molecular weight excluding hydrogens is 591 g/mol. The molecule has 0 N–H and O–H groups in total. The van der Waals surface area contributed by atoms with Crippen LogP contribution >= 0.6 is 24.8 Å². The van der Waals surface area contributed by atoms with E-state index < -0.39 is 22.8 Å². The van der Waals surface area contributed by atoms with Gasteiger partial charge in [0.05, 0.1) is 0 Å². The van der Waals surface area contributed by atoms with Gasteiger partial charge in [-0.1, -0.05) is 0 Å². The van der Waals surface area contributed by atoms with Crippen molar-refractivity contribution < 1.29 is 16.6 Å². The van der Waals surface area contributed by atoms with Crippen molar-refractivity contribution in [1.29, 1.82) is 0 Å². The Morgan fingerprint density at radius 3 is 2.07 bits per heavy atom. The number of halogens is 2. The molecule has 41 heavy (non-hydrogen) atoms. The molecule has 2 unspecified atom stereocenters. The Hall–Kier alpha value is -1.87. The van der Waals surface area contributed by atoms with E-state index in [1.54, 1.807) is 27.8 Å². The third kappa shape index (κ3) is 5.50. The summed E-state index contributed by atoms with van der Waals surface area (Å²) in [5.41, 5.74) is 14.0. The molecule has 4 aromatic carbocycles. The third-order valence-corrected chi connectivity index (χ3v) is 22.0. The fourth-order valence-electron chi connectivity index (χ4n) is 7.22. The first-order valence-corrected chi connectivity index (χ1v) is 21.4. The van der Waals surface area contributed by atoms with Crippen LogP contribution in [-0.4, -0.2) is 6.19 Å². The van der Waals surface area contributed by atoms with E-state index in [1.165, 1.54) is 33.0 Å². The Morgan fingerprint density at radius 1 is 0.707 bits per heavy atom. The molecule has 0 fully saturated rings. The minimum atomic E-state index is -1.77. The van der Waals surface area contributed by atoms with Gasteiger partial charge in [0.15, 0.2) is 0 Å². The predicted octanol–water partition coefficient (Wildman–Crippen LogP) is 11.4. The maximum atomic E-state index is 2.63. The average molecular weight is 634 g/mol. The molecule has 212 valence electrons. The molecule has 0 aliphatic heterocycles. The molecule has 4 heteroatoms. The van der Waals surface area contributed by atoms with E-state index in [-0.39, 0.29) is 24.8 Å². The molecule has 0 nitrogen and oxygen atoms in total. The Kier molecular flexibility index (Phi) is 10.3. The average Bonchev–Trinajstić information content (AvgIpc) is 3.51. The molecule has 0 saturated heterocycles. The van der Waals surface area contributed by atoms with E-state index in [0.717, 1.165) is 12.8 Å². The molecule has 0 spiro atoms. The molecule has 0 heterocycles. The van der Waals surface area contributed by atoms with Crippen LogP contribution in [0.3, 0.4) is 0 Å². The van der Waals surface area contributed by atoms with Gasteiger partial charge in [-0.25, -0.2) is 0 Å². The van der Waals surface area contributed by atoms with Crippen LogP contribution in [0.2, 0.25) is 13.1 Å². The first kappa shape index (κ1) is 32.1. The number of allylic oxidation sites excluding steroid dienone is 2. The van der Waals surface area contributed by atoms with Crippen molar-refractivity contribution >= 4 is 59.5 Å². The zero-order valence-electron chi connectivity index (χ0n) is 25.1. The van der Waals surface area contributed by atoms with E-state index in [4.69, 9.17) is 0 Å². The zero-order chi connectivity index (χ0) is 27.3. The third-order valence-electron chi connectivity index (χ3n) is 9.05. The summed E-state index contributed by atoms with van der Waals surface area (Å²) in [5, 5.41) is 2.86. The molecular formula is C37H42Cl2SiTi. The van der Waals surface area contributed by atoms with Crippen LogP contribution in [-0.2, 0) is 23.0 Å². The molecule has 0 radical (unpaired) electrons. The summed E-state index contributed by atoms with van der Waals surface area (Å²) in [6, 6.07) is 30.5. The monoisotopic (exact) mass is 632 g/mol. The van der Waals surface area contributed by atoms with E-state index in [9.17, 15) is 0 Å². The normalized spacial score (nSPS) is 16.9. The van der Waals surface area contributed by atoms with E-state index >= 15 is 0 Å². The number of benzene rings is 4. The van der Waals surface area contributed by atoms with Crippen LogP contribution in [0.15, 0.2) is 84.4 Å². The number of rotatable bonds is 6. The minimum absolute atomic E-state index is 0. The van der Waals surface area contributed by atoms with Gasteiger partial charge in [-0.2, -0.15) is 0 Å². The summed E-state index contributed by atoms with van der Waals surface area (Å²) in [6.45, 7) is 14.7. The zero-order valence-corrected chi connectivity index (χ0v) is 29.3. The van der Waals surface area contributed by atoms with Gasteiger partial charge in [0.25, 0.3) is 0 Å². The van der Waals surface area contributed by atoms with Gasteiger partial charge >= 0.3 is 243 Å². The summed E-state index contributed by atoms with van der Waals surface area (Å²) in [6.07, 6.45) is 6.89. The molecule has 2 aliphatic carbocycles. The van der Waals surface area contributed by atoms with Crippen LogP contribution in [0.1, 0.15) is 87.4 Å². The Balaban J connectivity index is 0.00000194. The molecule has 2 aliphatic rings. The number of hydrogen-bond donors (Lipinski definition) is 0. The van der Waals surface area contributed by atoms with Crippen molar-refractivity contribution in [2.45, 2.75) is 68.0 Å². The van der Waals surface area contributed by atoms with E-state index in [1.807, 2.05) is 0 Å². The molecule has 0 saturated carbocycles. The summed E-state index contributed by atoms with van der Waals surface area (Å²) in [4.78, 5) is 0. The molecule has 6 rings (SSSR count). The van der Waals surface area contributed by atoms with Crippen LogP contribution in [0.25, 0.3) is 28.5 Å². The fraction of sp³-hybridized carbons (Fsp3) is 0.297. The number of fused-ring (bicyclic) bond motifs is 3. The second-order valence-corrected chi connectivity index (χ2v) is 24.1. The molecule has 0 bridgehead atoms. The largest absolute Gasteiger partial charge is 0.147 e. The number of aryl methyl sites for hydroxylation is 1. The maximum absolute atomic E-state index is 2.63. The van der Waals surface area contributed by atoms with Gasteiger partial charge in [0.2, 0.25) is 0 Å². The van der Waals surface area contributed by atoms with Crippen LogP contribution in [0.4, 0.5) is 0 Å². The van der Waals surface area contributed by atoms with Crippen molar-refractivity contribution in [2.24, 2.45) is 0 Å². The van der Waals surface area contributed by atoms with Gasteiger partial charge < -0.3 is 0 Å². The first-order chi connectivity index (χ1) is 18.9. The summed E-state index contributed by atoms with van der Waals surface area (Å²) in [5.74, 6) is 0.552. The first-order valence-electron chi connectivity index (χ1n) is 14.8. The van der Waals surface area contributed by atoms with Crippen molar-refractivity contribution in [1.82, 2.24) is 0 Å². The van der Waals surface area contributed by atoms with Crippen molar-refractivity contribution in [3.63, 3.8) is 0 Å². The smallest absolute Gasteiger partial charge is 0.147 e. The molecule has 0 aromatic heterocycles. The number of hydrogen-bond acceptors (Lipinski definition) is 0. The van der Waals surface area contributed by atoms with Crippen molar-refractivity contribution in [2.75, 3.05) is 0 Å². The van der Waals surface area contributed by atoms with Gasteiger partial charge in [0, 0.05) is 0 Å². The van der Waals surface area contributed by atoms with Gasteiger partial charge in [0.1, 0.15) is 0 Å².